The van der Waals surface area contributed by atoms with Crippen LogP contribution in [0.15, 0.2) is 211 Å². The number of aryl methyl sites for hydroxylation is 1. The van der Waals surface area contributed by atoms with Gasteiger partial charge in [-0.15, -0.1) is 55.5 Å². The molecule has 5 heterocycles. The van der Waals surface area contributed by atoms with Crippen molar-refractivity contribution in [2.24, 2.45) is 5.41 Å². The van der Waals surface area contributed by atoms with E-state index < -0.39 is 5.41 Å². The van der Waals surface area contributed by atoms with Crippen molar-refractivity contribution >= 4 is 149 Å². The molecule has 0 atom stereocenters. The number of hydrogen-bond donors (Lipinski definition) is 1. The molecule has 5 nitrogen and oxygen atoms in total. The van der Waals surface area contributed by atoms with Gasteiger partial charge in [0, 0.05) is 109 Å². The molecule has 0 aliphatic heterocycles. The average Bonchev–Trinajstić information content (AvgIpc) is 4.56. The van der Waals surface area contributed by atoms with E-state index in [4.69, 9.17) is 9.47 Å². The molecule has 0 bridgehead atoms. The number of aromatic nitrogens is 2. The third kappa shape index (κ3) is 8.58. The highest BCUT2D eigenvalue weighted by molar-refractivity contribution is 8.01. The lowest BCUT2D eigenvalue weighted by molar-refractivity contribution is 0.0419. The standard InChI is InChI=1S/C68H46N2O3S6/c1-40-69-70-67(75-40)74-39-68(36-71,37-72-57-32-30-41(43-18-10-20-49-45-14-2-6-26-59(45)76-63(43)49)34-55(57)53-24-12-22-51-47-16-4-8-28-61(47)78-65(51)53)38-73-58-33-31-42(44-19-11-21-50-46-15-3-7-27-60(46)77-64(44)50)35-56(58)54-25-13-23-52-48-17-5-9-29-62(48)79-66(52)54/h2-35,71H,36-39H2,1H3. The third-order valence-corrected chi connectivity index (χ3v) is 22.4. The molecule has 382 valence electrons. The van der Waals surface area contributed by atoms with Gasteiger partial charge >= 0.3 is 0 Å². The summed E-state index contributed by atoms with van der Waals surface area (Å²) >= 11 is 10.5. The summed E-state index contributed by atoms with van der Waals surface area (Å²) in [5.41, 5.74) is 7.91. The molecular formula is C68H46N2O3S6. The van der Waals surface area contributed by atoms with Crippen molar-refractivity contribution < 1.29 is 14.6 Å². The van der Waals surface area contributed by atoms with Crippen molar-refractivity contribution in [2.75, 3.05) is 25.6 Å². The topological polar surface area (TPSA) is 64.5 Å². The van der Waals surface area contributed by atoms with Crippen LogP contribution in [-0.4, -0.2) is 40.9 Å². The van der Waals surface area contributed by atoms with Crippen LogP contribution in [-0.2, 0) is 0 Å². The summed E-state index contributed by atoms with van der Waals surface area (Å²) in [6, 6.07) is 74.5. The number of aliphatic hydroxyl groups excluding tert-OH is 1. The predicted octanol–water partition coefficient (Wildman–Crippen LogP) is 20.2. The minimum Gasteiger partial charge on any atom is -0.492 e. The first-order chi connectivity index (χ1) is 39.0. The Morgan fingerprint density at radius 3 is 1.14 bits per heavy atom. The Kier molecular flexibility index (Phi) is 12.3. The fourth-order valence-electron chi connectivity index (χ4n) is 11.2. The predicted molar refractivity (Wildman–Crippen MR) is 342 cm³/mol. The van der Waals surface area contributed by atoms with Gasteiger partial charge in [-0.2, -0.15) is 0 Å². The number of rotatable bonds is 14. The molecule has 0 radical (unpaired) electrons. The molecule has 0 unspecified atom stereocenters. The fraction of sp³-hybridized carbons (Fsp3) is 0.0882. The summed E-state index contributed by atoms with van der Waals surface area (Å²) in [7, 11) is 0. The first kappa shape index (κ1) is 48.7. The zero-order chi connectivity index (χ0) is 52.6. The molecule has 10 aromatic carbocycles. The maximum atomic E-state index is 11.9. The summed E-state index contributed by atoms with van der Waals surface area (Å²) in [5.74, 6) is 1.95. The van der Waals surface area contributed by atoms with Crippen molar-refractivity contribution in [3.63, 3.8) is 0 Å². The molecule has 0 fully saturated rings. The van der Waals surface area contributed by atoms with Gasteiger partial charge in [0.05, 0.1) is 12.0 Å². The minimum absolute atomic E-state index is 0.169. The van der Waals surface area contributed by atoms with Crippen LogP contribution in [0.2, 0.25) is 0 Å². The Bertz CT molecular complexity index is 4570. The lowest BCUT2D eigenvalue weighted by Crippen LogP contribution is -2.41. The van der Waals surface area contributed by atoms with E-state index in [0.717, 1.165) is 54.2 Å². The van der Waals surface area contributed by atoms with Gasteiger partial charge < -0.3 is 14.6 Å². The van der Waals surface area contributed by atoms with Crippen molar-refractivity contribution in [2.45, 2.75) is 11.3 Å². The maximum Gasteiger partial charge on any atom is 0.174 e. The second-order valence-electron chi connectivity index (χ2n) is 20.2. The molecule has 15 aromatic rings. The Labute approximate surface area is 479 Å². The van der Waals surface area contributed by atoms with E-state index >= 15 is 0 Å². The van der Waals surface area contributed by atoms with Crippen LogP contribution >= 0.6 is 68.4 Å². The number of thioether (sulfide) groups is 1. The van der Waals surface area contributed by atoms with E-state index in [2.05, 4.69) is 216 Å². The van der Waals surface area contributed by atoms with Crippen molar-refractivity contribution in [3.05, 3.63) is 211 Å². The van der Waals surface area contributed by atoms with Gasteiger partial charge in [0.25, 0.3) is 0 Å². The number of thiophene rings is 4. The normalized spacial score (nSPS) is 12.2. The highest BCUT2D eigenvalue weighted by atomic mass is 32.2. The molecule has 0 spiro atoms. The van der Waals surface area contributed by atoms with Gasteiger partial charge in [-0.1, -0.05) is 181 Å². The molecule has 0 saturated carbocycles. The largest absolute Gasteiger partial charge is 0.492 e. The Morgan fingerprint density at radius 1 is 0.392 bits per heavy atom. The van der Waals surface area contributed by atoms with Gasteiger partial charge in [-0.05, 0) is 77.7 Å². The highest BCUT2D eigenvalue weighted by Gasteiger charge is 2.34. The number of fused-ring (bicyclic) bond motifs is 12. The number of nitrogens with zero attached hydrogens (tertiary/aromatic N) is 2. The summed E-state index contributed by atoms with van der Waals surface area (Å²) in [5, 5.41) is 31.7. The number of ether oxygens (including phenoxy) is 2. The Balaban J connectivity index is 0.847. The van der Waals surface area contributed by atoms with Crippen LogP contribution in [0.5, 0.6) is 11.5 Å². The Hall–Kier alpha value is -7.45. The number of benzene rings is 10. The minimum atomic E-state index is -0.894. The molecule has 5 aromatic heterocycles. The molecule has 0 aliphatic carbocycles. The Morgan fingerprint density at radius 2 is 0.759 bits per heavy atom. The third-order valence-electron chi connectivity index (χ3n) is 15.2. The second kappa shape index (κ2) is 20.0. The molecule has 11 heteroatoms. The molecule has 79 heavy (non-hydrogen) atoms. The van der Waals surface area contributed by atoms with E-state index in [-0.39, 0.29) is 19.8 Å². The monoisotopic (exact) mass is 1130 g/mol. The van der Waals surface area contributed by atoms with Crippen LogP contribution in [0.25, 0.3) is 125 Å². The molecule has 1 N–H and O–H groups in total. The maximum absolute atomic E-state index is 11.9. The lowest BCUT2D eigenvalue weighted by Gasteiger charge is -2.32. The first-order valence-electron chi connectivity index (χ1n) is 26.2. The second-order valence-corrected chi connectivity index (χ2v) is 26.8. The van der Waals surface area contributed by atoms with Crippen LogP contribution < -0.4 is 9.47 Å². The van der Waals surface area contributed by atoms with Gasteiger partial charge in [0.15, 0.2) is 4.34 Å². The summed E-state index contributed by atoms with van der Waals surface area (Å²) in [4.78, 5) is 0. The summed E-state index contributed by atoms with van der Waals surface area (Å²) < 4.78 is 25.3. The van der Waals surface area contributed by atoms with E-state index in [1.165, 1.54) is 91.8 Å². The van der Waals surface area contributed by atoms with Gasteiger partial charge in [0.1, 0.15) is 29.7 Å². The molecule has 0 amide bonds. The smallest absolute Gasteiger partial charge is 0.174 e. The van der Waals surface area contributed by atoms with Crippen molar-refractivity contribution in [3.8, 4) is 56.0 Å². The quantitative estimate of drug-likeness (QED) is 0.109. The number of hydrogen-bond acceptors (Lipinski definition) is 11. The first-order valence-corrected chi connectivity index (χ1v) is 31.2. The average molecular weight is 1130 g/mol. The van der Waals surface area contributed by atoms with E-state index in [0.29, 0.717) is 5.75 Å². The van der Waals surface area contributed by atoms with Crippen LogP contribution in [0.4, 0.5) is 0 Å². The zero-order valence-corrected chi connectivity index (χ0v) is 47.5. The SMILES string of the molecule is Cc1nnc(SCC(CO)(COc2ccc(-c3cccc4c3sc3ccccc34)cc2-c2cccc3c2sc2ccccc23)COc2ccc(-c3cccc4c3sc3ccccc34)cc2-c2cccc3c2sc2ccccc23)s1. The molecule has 15 rings (SSSR count). The highest BCUT2D eigenvalue weighted by Crippen LogP contribution is 2.49. The van der Waals surface area contributed by atoms with E-state index in [9.17, 15) is 5.11 Å². The zero-order valence-electron chi connectivity index (χ0n) is 42.6. The van der Waals surface area contributed by atoms with Crippen LogP contribution in [0, 0.1) is 12.3 Å². The summed E-state index contributed by atoms with van der Waals surface area (Å²) in [6.45, 7) is 2.11. The van der Waals surface area contributed by atoms with Crippen molar-refractivity contribution in [1.82, 2.24) is 10.2 Å². The summed E-state index contributed by atoms with van der Waals surface area (Å²) in [6.07, 6.45) is 0. The van der Waals surface area contributed by atoms with Crippen LogP contribution in [0.1, 0.15) is 5.01 Å². The van der Waals surface area contributed by atoms with Gasteiger partial charge in [-0.25, -0.2) is 0 Å². The lowest BCUT2D eigenvalue weighted by atomic mass is 9.93. The molecular weight excluding hydrogens is 1090 g/mol. The van der Waals surface area contributed by atoms with Crippen LogP contribution in [0.3, 0.4) is 0 Å². The number of aliphatic hydroxyl groups is 1. The van der Waals surface area contributed by atoms with E-state index in [1.807, 2.05) is 52.3 Å². The molecule has 0 saturated heterocycles. The van der Waals surface area contributed by atoms with E-state index in [1.54, 1.807) is 23.1 Å². The van der Waals surface area contributed by atoms with Gasteiger partial charge in [-0.3, -0.25) is 0 Å². The molecule has 0 aliphatic rings. The fourth-order valence-corrected chi connectivity index (χ4v) is 18.1. The van der Waals surface area contributed by atoms with Crippen molar-refractivity contribution in [1.29, 1.82) is 0 Å². The van der Waals surface area contributed by atoms with Gasteiger partial charge in [0.2, 0.25) is 0 Å².